The van der Waals surface area contributed by atoms with Crippen molar-refractivity contribution in [3.63, 3.8) is 0 Å². The van der Waals surface area contributed by atoms with Crippen LogP contribution in [0.4, 0.5) is 0 Å². The lowest BCUT2D eigenvalue weighted by atomic mass is 9.98. The van der Waals surface area contributed by atoms with E-state index in [0.29, 0.717) is 0 Å². The summed E-state index contributed by atoms with van der Waals surface area (Å²) in [5, 5.41) is 1.12. The van der Waals surface area contributed by atoms with E-state index < -0.39 is 0 Å². The predicted octanol–water partition coefficient (Wildman–Crippen LogP) is 4.65. The normalized spacial score (nSPS) is 12.6. The molecule has 3 aromatic rings. The van der Waals surface area contributed by atoms with Crippen LogP contribution in [0.15, 0.2) is 59.2 Å². The molecule has 2 nitrogen and oxygen atoms in total. The molecule has 2 aromatic carbocycles. The van der Waals surface area contributed by atoms with Crippen LogP contribution in [0.3, 0.4) is 0 Å². The Morgan fingerprint density at radius 3 is 2.80 bits per heavy atom. The lowest BCUT2D eigenvalue weighted by Crippen LogP contribution is -2.13. The third-order valence-electron chi connectivity index (χ3n) is 3.28. The van der Waals surface area contributed by atoms with E-state index in [4.69, 9.17) is 5.73 Å². The van der Waals surface area contributed by atoms with Crippen LogP contribution in [0.25, 0.3) is 10.9 Å². The van der Waals surface area contributed by atoms with Gasteiger partial charge in [-0.05, 0) is 70.1 Å². The highest BCUT2D eigenvalue weighted by molar-refractivity contribution is 14.1. The smallest absolute Gasteiger partial charge is 0.0702 e. The van der Waals surface area contributed by atoms with Crippen molar-refractivity contribution in [2.24, 2.45) is 5.73 Å². The van der Waals surface area contributed by atoms with Gasteiger partial charge in [-0.3, -0.25) is 4.98 Å². The molecule has 0 aliphatic heterocycles. The Bertz CT molecular complexity index is 773. The van der Waals surface area contributed by atoms with Crippen molar-refractivity contribution in [1.29, 1.82) is 0 Å². The first-order valence-electron chi connectivity index (χ1n) is 6.20. The van der Waals surface area contributed by atoms with E-state index in [1.54, 1.807) is 6.20 Å². The summed E-state index contributed by atoms with van der Waals surface area (Å²) < 4.78 is 2.22. The fraction of sp³-hybridized carbons (Fsp3) is 0.0625. The van der Waals surface area contributed by atoms with Gasteiger partial charge in [-0.1, -0.05) is 28.1 Å². The van der Waals surface area contributed by atoms with Gasteiger partial charge >= 0.3 is 0 Å². The van der Waals surface area contributed by atoms with E-state index in [1.165, 1.54) is 3.57 Å². The number of fused-ring (bicyclic) bond motifs is 1. The zero-order valence-corrected chi connectivity index (χ0v) is 14.3. The van der Waals surface area contributed by atoms with Crippen molar-refractivity contribution < 1.29 is 0 Å². The number of benzene rings is 2. The molecule has 0 saturated heterocycles. The Hall–Kier alpha value is -0.980. The van der Waals surface area contributed by atoms with Crippen molar-refractivity contribution >= 4 is 49.4 Å². The van der Waals surface area contributed by atoms with Crippen molar-refractivity contribution in [3.05, 3.63) is 73.9 Å². The Kier molecular flexibility index (Phi) is 4.05. The topological polar surface area (TPSA) is 38.9 Å². The summed E-state index contributed by atoms with van der Waals surface area (Å²) in [5.41, 5.74) is 9.65. The molecule has 0 radical (unpaired) electrons. The summed E-state index contributed by atoms with van der Waals surface area (Å²) in [6.07, 6.45) is 1.80. The summed E-state index contributed by atoms with van der Waals surface area (Å²) >= 11 is 5.83. The molecule has 0 bridgehead atoms. The molecule has 3 rings (SSSR count). The molecule has 1 aromatic heterocycles. The van der Waals surface area contributed by atoms with Gasteiger partial charge in [-0.15, -0.1) is 0 Å². The summed E-state index contributed by atoms with van der Waals surface area (Å²) in [4.78, 5) is 4.34. The first-order chi connectivity index (χ1) is 9.65. The number of pyridine rings is 1. The molecule has 0 amide bonds. The summed E-state index contributed by atoms with van der Waals surface area (Å²) in [6.45, 7) is 0. The van der Waals surface area contributed by atoms with Gasteiger partial charge in [0.25, 0.3) is 0 Å². The van der Waals surface area contributed by atoms with E-state index in [-0.39, 0.29) is 6.04 Å². The van der Waals surface area contributed by atoms with Crippen LogP contribution in [-0.4, -0.2) is 4.98 Å². The number of nitrogens with zero attached hydrogens (tertiary/aromatic N) is 1. The molecular formula is C16H12BrIN2. The van der Waals surface area contributed by atoms with E-state index >= 15 is 0 Å². The lowest BCUT2D eigenvalue weighted by Gasteiger charge is -2.15. The molecule has 1 atom stereocenters. The molecule has 0 fully saturated rings. The summed E-state index contributed by atoms with van der Waals surface area (Å²) in [7, 11) is 0. The fourth-order valence-corrected chi connectivity index (χ4v) is 3.27. The van der Waals surface area contributed by atoms with Gasteiger partial charge in [0, 0.05) is 19.6 Å². The van der Waals surface area contributed by atoms with E-state index in [0.717, 1.165) is 26.5 Å². The molecule has 4 heteroatoms. The quantitative estimate of drug-likeness (QED) is 0.591. The number of halogens is 2. The van der Waals surface area contributed by atoms with Gasteiger partial charge in [0.1, 0.15) is 0 Å². The third kappa shape index (κ3) is 2.73. The summed E-state index contributed by atoms with van der Waals surface area (Å²) in [6, 6.07) is 16.2. The maximum absolute atomic E-state index is 6.43. The van der Waals surface area contributed by atoms with Gasteiger partial charge in [-0.25, -0.2) is 0 Å². The SMILES string of the molecule is NC(c1ccc2ncccc2c1)c1cc(Br)ccc1I. The predicted molar refractivity (Wildman–Crippen MR) is 94.6 cm³/mol. The van der Waals surface area contributed by atoms with Crippen LogP contribution in [0.2, 0.25) is 0 Å². The minimum absolute atomic E-state index is 0.135. The van der Waals surface area contributed by atoms with Crippen molar-refractivity contribution in [2.75, 3.05) is 0 Å². The molecule has 0 saturated carbocycles. The van der Waals surface area contributed by atoms with Gasteiger partial charge < -0.3 is 5.73 Å². The lowest BCUT2D eigenvalue weighted by molar-refractivity contribution is 0.866. The van der Waals surface area contributed by atoms with Crippen LogP contribution in [-0.2, 0) is 0 Å². The summed E-state index contributed by atoms with van der Waals surface area (Å²) in [5.74, 6) is 0. The first-order valence-corrected chi connectivity index (χ1v) is 8.07. The Balaban J connectivity index is 2.07. The van der Waals surface area contributed by atoms with Crippen molar-refractivity contribution in [3.8, 4) is 0 Å². The largest absolute Gasteiger partial charge is 0.320 e. The van der Waals surface area contributed by atoms with Gasteiger partial charge in [0.15, 0.2) is 0 Å². The van der Waals surface area contributed by atoms with Gasteiger partial charge in [0.2, 0.25) is 0 Å². The van der Waals surface area contributed by atoms with Gasteiger partial charge in [-0.2, -0.15) is 0 Å². The molecule has 1 unspecified atom stereocenters. The Morgan fingerprint density at radius 1 is 1.10 bits per heavy atom. The maximum atomic E-state index is 6.43. The molecule has 2 N–H and O–H groups in total. The molecule has 1 heterocycles. The zero-order chi connectivity index (χ0) is 14.1. The molecule has 0 spiro atoms. The van der Waals surface area contributed by atoms with Gasteiger partial charge in [0.05, 0.1) is 11.6 Å². The molecule has 0 aliphatic carbocycles. The monoisotopic (exact) mass is 438 g/mol. The van der Waals surface area contributed by atoms with Crippen molar-refractivity contribution in [1.82, 2.24) is 4.98 Å². The van der Waals surface area contributed by atoms with Crippen LogP contribution < -0.4 is 5.73 Å². The Labute approximate surface area is 139 Å². The second-order valence-corrected chi connectivity index (χ2v) is 6.68. The van der Waals surface area contributed by atoms with Crippen LogP contribution in [0, 0.1) is 3.57 Å². The van der Waals surface area contributed by atoms with E-state index in [2.05, 4.69) is 73.8 Å². The van der Waals surface area contributed by atoms with E-state index in [1.807, 2.05) is 18.2 Å². The highest BCUT2D eigenvalue weighted by atomic mass is 127. The zero-order valence-electron chi connectivity index (χ0n) is 10.6. The number of rotatable bonds is 2. The Morgan fingerprint density at radius 2 is 1.95 bits per heavy atom. The molecule has 100 valence electrons. The number of nitrogens with two attached hydrogens (primary N) is 1. The van der Waals surface area contributed by atoms with Crippen molar-refractivity contribution in [2.45, 2.75) is 6.04 Å². The first kappa shape index (κ1) is 14.0. The number of hydrogen-bond donors (Lipinski definition) is 1. The average Bonchev–Trinajstić information content (AvgIpc) is 2.48. The molecule has 0 aliphatic rings. The number of hydrogen-bond acceptors (Lipinski definition) is 2. The molecular weight excluding hydrogens is 427 g/mol. The van der Waals surface area contributed by atoms with Crippen LogP contribution in [0.5, 0.6) is 0 Å². The second kappa shape index (κ2) is 5.79. The van der Waals surface area contributed by atoms with Crippen LogP contribution >= 0.6 is 38.5 Å². The second-order valence-electron chi connectivity index (χ2n) is 4.60. The maximum Gasteiger partial charge on any atom is 0.0702 e. The van der Waals surface area contributed by atoms with E-state index in [9.17, 15) is 0 Å². The standard InChI is InChI=1S/C16H12BrIN2/c17-12-4-5-14(18)13(9-12)16(19)11-3-6-15-10(8-11)2-1-7-20-15/h1-9,16H,19H2. The number of aromatic nitrogens is 1. The fourth-order valence-electron chi connectivity index (χ4n) is 2.22. The van der Waals surface area contributed by atoms with Crippen LogP contribution in [0.1, 0.15) is 17.2 Å². The highest BCUT2D eigenvalue weighted by Gasteiger charge is 2.13. The highest BCUT2D eigenvalue weighted by Crippen LogP contribution is 2.28. The molecule has 20 heavy (non-hydrogen) atoms. The minimum Gasteiger partial charge on any atom is -0.320 e. The third-order valence-corrected chi connectivity index (χ3v) is 4.75. The minimum atomic E-state index is -0.135. The average molecular weight is 439 g/mol.